The van der Waals surface area contributed by atoms with E-state index in [1.54, 1.807) is 16.6 Å². The Labute approximate surface area is 192 Å². The minimum Gasteiger partial charge on any atom is -0.382 e. The topological polar surface area (TPSA) is 86.1 Å². The molecule has 1 aliphatic heterocycles. The van der Waals surface area contributed by atoms with Gasteiger partial charge in [-0.2, -0.15) is 5.26 Å². The van der Waals surface area contributed by atoms with Gasteiger partial charge < -0.3 is 5.32 Å². The second-order valence-electron chi connectivity index (χ2n) is 8.49. The molecule has 0 bridgehead atoms. The summed E-state index contributed by atoms with van der Waals surface area (Å²) in [6.45, 7) is 1.11. The van der Waals surface area contributed by atoms with Gasteiger partial charge in [-0.25, -0.2) is 12.7 Å². The zero-order chi connectivity index (χ0) is 22.3. The van der Waals surface area contributed by atoms with Crippen LogP contribution in [0.25, 0.3) is 21.9 Å². The van der Waals surface area contributed by atoms with Crippen molar-refractivity contribution < 1.29 is 8.42 Å². The summed E-state index contributed by atoms with van der Waals surface area (Å²) in [5.74, 6) is 0. The normalized spacial score (nSPS) is 17.9. The molecule has 32 heavy (non-hydrogen) atoms. The number of hydrogen-bond acceptors (Lipinski definition) is 5. The number of piperidine rings is 1. The van der Waals surface area contributed by atoms with Crippen molar-refractivity contribution in [1.29, 1.82) is 5.26 Å². The number of benzene rings is 2. The van der Waals surface area contributed by atoms with Crippen molar-refractivity contribution in [3.05, 3.63) is 59.4 Å². The predicted molar refractivity (Wildman–Crippen MR) is 127 cm³/mol. The fourth-order valence-corrected chi connectivity index (χ4v) is 6.42. The number of pyridine rings is 1. The molecular weight excluding hydrogens is 444 g/mol. The van der Waals surface area contributed by atoms with Gasteiger partial charge in [-0.1, -0.05) is 17.7 Å². The number of nitrogens with zero attached hydrogens (tertiary/aromatic N) is 3. The van der Waals surface area contributed by atoms with Crippen molar-refractivity contribution in [2.24, 2.45) is 0 Å². The zero-order valence-electron chi connectivity index (χ0n) is 17.5. The summed E-state index contributed by atoms with van der Waals surface area (Å²) in [7, 11) is -3.11. The molecule has 2 aliphatic rings. The Morgan fingerprint density at radius 3 is 2.53 bits per heavy atom. The molecule has 0 unspecified atom stereocenters. The Morgan fingerprint density at radius 1 is 1.06 bits per heavy atom. The van der Waals surface area contributed by atoms with Gasteiger partial charge in [0.25, 0.3) is 0 Å². The molecule has 3 aromatic rings. The van der Waals surface area contributed by atoms with E-state index in [1.165, 1.54) is 0 Å². The first-order valence-corrected chi connectivity index (χ1v) is 12.7. The third-order valence-corrected chi connectivity index (χ3v) is 9.01. The average Bonchev–Trinajstić information content (AvgIpc) is 3.65. The van der Waals surface area contributed by atoms with Crippen LogP contribution < -0.4 is 5.32 Å². The van der Waals surface area contributed by atoms with E-state index in [0.29, 0.717) is 23.7 Å². The fourth-order valence-electron chi connectivity index (χ4n) is 4.32. The lowest BCUT2D eigenvalue weighted by Gasteiger charge is -2.32. The summed E-state index contributed by atoms with van der Waals surface area (Å²) < 4.78 is 26.7. The number of anilines is 1. The third kappa shape index (κ3) is 4.06. The molecule has 5 rings (SSSR count). The van der Waals surface area contributed by atoms with Crippen LogP contribution in [0.1, 0.15) is 31.2 Å². The molecule has 0 radical (unpaired) electrons. The Kier molecular flexibility index (Phi) is 5.54. The Morgan fingerprint density at radius 2 is 1.84 bits per heavy atom. The van der Waals surface area contributed by atoms with Gasteiger partial charge in [0.15, 0.2) is 0 Å². The molecule has 1 saturated heterocycles. The van der Waals surface area contributed by atoms with Crippen LogP contribution in [0, 0.1) is 11.3 Å². The molecule has 6 nitrogen and oxygen atoms in total. The highest BCUT2D eigenvalue weighted by Gasteiger charge is 2.41. The lowest BCUT2D eigenvalue weighted by Crippen LogP contribution is -2.43. The van der Waals surface area contributed by atoms with Crippen LogP contribution in [-0.4, -0.2) is 42.1 Å². The minimum atomic E-state index is -3.11. The molecule has 2 aromatic carbocycles. The molecule has 0 atom stereocenters. The SMILES string of the molecule is N#Cc1ccc(-c2cc(NC3CCN(S(=O)(=O)C4CC4)CC3)c3cnccc3c2)cc1Cl. The standard InChI is InChI=1S/C24H23ClN4O2S/c25-23-12-16(1-2-18(23)14-26)19-11-17-5-8-27-15-22(17)24(13-19)28-20-6-9-29(10-7-20)32(30,31)21-3-4-21/h1-2,5,8,11-13,15,20-21,28H,3-4,6-7,9-10H2. The summed E-state index contributed by atoms with van der Waals surface area (Å²) in [5.41, 5.74) is 3.34. The van der Waals surface area contributed by atoms with Crippen LogP contribution in [0.4, 0.5) is 5.69 Å². The highest BCUT2D eigenvalue weighted by molar-refractivity contribution is 7.90. The average molecular weight is 467 g/mol. The molecule has 1 aromatic heterocycles. The summed E-state index contributed by atoms with van der Waals surface area (Å²) >= 11 is 6.27. The van der Waals surface area contributed by atoms with Crippen LogP contribution in [0.2, 0.25) is 5.02 Å². The smallest absolute Gasteiger partial charge is 0.216 e. The van der Waals surface area contributed by atoms with Gasteiger partial charge >= 0.3 is 0 Å². The molecule has 8 heteroatoms. The number of rotatable bonds is 5. The predicted octanol–water partition coefficient (Wildman–Crippen LogP) is 4.80. The number of fused-ring (bicyclic) bond motifs is 1. The highest BCUT2D eigenvalue weighted by atomic mass is 35.5. The van der Waals surface area contributed by atoms with Crippen molar-refractivity contribution in [2.75, 3.05) is 18.4 Å². The maximum absolute atomic E-state index is 12.5. The van der Waals surface area contributed by atoms with Gasteiger partial charge in [-0.3, -0.25) is 4.98 Å². The van der Waals surface area contributed by atoms with Crippen molar-refractivity contribution in [3.63, 3.8) is 0 Å². The Hall–Kier alpha value is -2.66. The van der Waals surface area contributed by atoms with Gasteiger partial charge in [0, 0.05) is 42.6 Å². The van der Waals surface area contributed by atoms with Crippen LogP contribution in [0.3, 0.4) is 0 Å². The minimum absolute atomic E-state index is 0.155. The Balaban J connectivity index is 1.41. The molecule has 0 amide bonds. The van der Waals surface area contributed by atoms with E-state index < -0.39 is 10.0 Å². The second kappa shape index (κ2) is 8.36. The molecule has 1 aliphatic carbocycles. The molecule has 2 heterocycles. The summed E-state index contributed by atoms with van der Waals surface area (Å²) in [5, 5.41) is 15.1. The van der Waals surface area contributed by atoms with Crippen LogP contribution in [0.15, 0.2) is 48.8 Å². The Bertz CT molecular complexity index is 1320. The number of aromatic nitrogens is 1. The first-order chi connectivity index (χ1) is 15.5. The van der Waals surface area contributed by atoms with E-state index in [9.17, 15) is 8.42 Å². The monoisotopic (exact) mass is 466 g/mol. The quantitative estimate of drug-likeness (QED) is 0.583. The van der Waals surface area contributed by atoms with Crippen LogP contribution in [-0.2, 0) is 10.0 Å². The maximum Gasteiger partial charge on any atom is 0.216 e. The van der Waals surface area contributed by atoms with Crippen molar-refractivity contribution >= 4 is 38.1 Å². The fraction of sp³-hybridized carbons (Fsp3) is 0.333. The molecule has 164 valence electrons. The summed E-state index contributed by atoms with van der Waals surface area (Å²) in [6, 6.07) is 13.9. The number of sulfonamides is 1. The summed E-state index contributed by atoms with van der Waals surface area (Å²) in [6.07, 6.45) is 6.74. The van der Waals surface area contributed by atoms with Crippen molar-refractivity contribution in [2.45, 2.75) is 37.0 Å². The van der Waals surface area contributed by atoms with Gasteiger partial charge in [0.1, 0.15) is 6.07 Å². The summed E-state index contributed by atoms with van der Waals surface area (Å²) in [4.78, 5) is 4.29. The molecular formula is C24H23ClN4O2S. The number of hydrogen-bond donors (Lipinski definition) is 1. The molecule has 1 saturated carbocycles. The van der Waals surface area contributed by atoms with Crippen molar-refractivity contribution in [1.82, 2.24) is 9.29 Å². The van der Waals surface area contributed by atoms with Gasteiger partial charge in [-0.15, -0.1) is 0 Å². The zero-order valence-corrected chi connectivity index (χ0v) is 19.0. The van der Waals surface area contributed by atoms with Gasteiger partial charge in [-0.05, 0) is 72.5 Å². The first kappa shape index (κ1) is 21.2. The van der Waals surface area contributed by atoms with Crippen LogP contribution in [0.5, 0.6) is 0 Å². The maximum atomic E-state index is 12.5. The number of halogens is 1. The third-order valence-electron chi connectivity index (χ3n) is 6.30. The molecule has 2 fully saturated rings. The van der Waals surface area contributed by atoms with Crippen molar-refractivity contribution in [3.8, 4) is 17.2 Å². The van der Waals surface area contributed by atoms with E-state index in [4.69, 9.17) is 16.9 Å². The second-order valence-corrected chi connectivity index (χ2v) is 11.1. The van der Waals surface area contributed by atoms with Gasteiger partial charge in [0.05, 0.1) is 15.8 Å². The largest absolute Gasteiger partial charge is 0.382 e. The van der Waals surface area contributed by atoms with Gasteiger partial charge in [0.2, 0.25) is 10.0 Å². The lowest BCUT2D eigenvalue weighted by atomic mass is 9.98. The highest BCUT2D eigenvalue weighted by Crippen LogP contribution is 2.35. The molecule has 1 N–H and O–H groups in total. The van der Waals surface area contributed by atoms with E-state index >= 15 is 0 Å². The number of nitrogens with one attached hydrogen (secondary N) is 1. The van der Waals surface area contributed by atoms with E-state index in [-0.39, 0.29) is 11.3 Å². The van der Waals surface area contributed by atoms with E-state index in [0.717, 1.165) is 53.3 Å². The van der Waals surface area contributed by atoms with E-state index in [2.05, 4.69) is 28.5 Å². The lowest BCUT2D eigenvalue weighted by molar-refractivity contribution is 0.329. The molecule has 0 spiro atoms. The first-order valence-electron chi connectivity index (χ1n) is 10.8. The van der Waals surface area contributed by atoms with E-state index in [1.807, 2.05) is 24.4 Å². The van der Waals surface area contributed by atoms with Crippen LogP contribution >= 0.6 is 11.6 Å². The number of nitriles is 1.